The van der Waals surface area contributed by atoms with Gasteiger partial charge in [0.25, 0.3) is 0 Å². The van der Waals surface area contributed by atoms with Gasteiger partial charge in [-0.25, -0.2) is 4.79 Å². The lowest BCUT2D eigenvalue weighted by atomic mass is 9.43. The predicted molar refractivity (Wildman–Crippen MR) is 139 cm³/mol. The molecule has 2 amide bonds. The number of hydrogen-bond donors (Lipinski definition) is 2. The minimum atomic E-state index is -0.479. The highest BCUT2D eigenvalue weighted by Gasteiger charge is 2.69. The number of nitrogens with one attached hydrogen (secondary N) is 2. The molecule has 7 rings (SSSR count). The molecule has 200 valence electrons. The molecule has 6 fully saturated rings. The molecule has 2 N–H and O–H groups in total. The van der Waals surface area contributed by atoms with Crippen LogP contribution >= 0.6 is 0 Å². The Morgan fingerprint density at radius 3 is 2.78 bits per heavy atom. The Kier molecular flexibility index (Phi) is 6.52. The van der Waals surface area contributed by atoms with Crippen molar-refractivity contribution in [3.8, 4) is 0 Å². The van der Waals surface area contributed by atoms with Gasteiger partial charge in [0.1, 0.15) is 6.61 Å². The van der Waals surface area contributed by atoms with Crippen LogP contribution in [0.25, 0.3) is 0 Å². The number of alkyl carbamates (subject to hydrolysis) is 1. The molecule has 0 spiro atoms. The molecule has 3 aliphatic carbocycles. The summed E-state index contributed by atoms with van der Waals surface area (Å²) in [4.78, 5) is 28.5. The monoisotopic (exact) mass is 509 g/mol. The summed E-state index contributed by atoms with van der Waals surface area (Å²) in [7, 11) is -0.379. The summed E-state index contributed by atoms with van der Waals surface area (Å²) in [6.45, 7) is 9.16. The molecule has 37 heavy (non-hydrogen) atoms. The quantitative estimate of drug-likeness (QED) is 0.593. The zero-order chi connectivity index (χ0) is 25.8. The second-order valence-electron chi connectivity index (χ2n) is 12.5. The smallest absolute Gasteiger partial charge is 0.445 e. The first-order valence-corrected chi connectivity index (χ1v) is 14.1. The van der Waals surface area contributed by atoms with Crippen LogP contribution in [0.4, 0.5) is 4.79 Å². The minimum absolute atomic E-state index is 0.0694. The van der Waals surface area contributed by atoms with Gasteiger partial charge >= 0.3 is 13.2 Å². The Morgan fingerprint density at radius 1 is 1.19 bits per heavy atom. The van der Waals surface area contributed by atoms with Gasteiger partial charge < -0.3 is 29.6 Å². The minimum Gasteiger partial charge on any atom is -0.445 e. The van der Waals surface area contributed by atoms with Gasteiger partial charge in [-0.2, -0.15) is 0 Å². The van der Waals surface area contributed by atoms with E-state index in [1.807, 2.05) is 35.2 Å². The fraction of sp³-hybridized carbons (Fsp3) is 0.714. The van der Waals surface area contributed by atoms with E-state index in [4.69, 9.17) is 14.0 Å². The Balaban J connectivity index is 1.10. The Morgan fingerprint density at radius 2 is 2.00 bits per heavy atom. The molecule has 3 heterocycles. The van der Waals surface area contributed by atoms with Crippen molar-refractivity contribution < 1.29 is 23.6 Å². The molecule has 8 nitrogen and oxygen atoms in total. The van der Waals surface area contributed by atoms with Crippen LogP contribution in [0, 0.1) is 23.2 Å². The van der Waals surface area contributed by atoms with Crippen LogP contribution in [0.15, 0.2) is 30.3 Å². The fourth-order valence-corrected chi connectivity index (χ4v) is 7.83. The molecule has 3 saturated carbocycles. The molecule has 0 radical (unpaired) electrons. The van der Waals surface area contributed by atoms with Gasteiger partial charge in [-0.3, -0.25) is 4.79 Å². The number of nitrogens with zero attached hydrogens (tertiary/aromatic N) is 1. The lowest BCUT2D eigenvalue weighted by Gasteiger charge is -2.64. The molecule has 6 aliphatic rings. The summed E-state index contributed by atoms with van der Waals surface area (Å²) in [6, 6.07) is 9.34. The largest absolute Gasteiger partial charge is 0.481 e. The first-order chi connectivity index (χ1) is 17.8. The molecule has 1 unspecified atom stereocenters. The molecule has 1 aromatic carbocycles. The van der Waals surface area contributed by atoms with Crippen molar-refractivity contribution in [2.75, 3.05) is 19.6 Å². The fourth-order valence-electron chi connectivity index (χ4n) is 7.83. The van der Waals surface area contributed by atoms with Crippen LogP contribution < -0.4 is 10.6 Å². The Bertz CT molecular complexity index is 1020. The van der Waals surface area contributed by atoms with Gasteiger partial charge in [0.05, 0.1) is 23.6 Å². The molecule has 0 aromatic heterocycles. The maximum atomic E-state index is 13.9. The number of carbonyl (C=O) groups is 2. The van der Waals surface area contributed by atoms with E-state index in [0.29, 0.717) is 31.3 Å². The van der Waals surface area contributed by atoms with Crippen molar-refractivity contribution in [1.82, 2.24) is 15.5 Å². The first-order valence-electron chi connectivity index (χ1n) is 14.1. The highest BCUT2D eigenvalue weighted by atomic mass is 16.7. The maximum absolute atomic E-state index is 13.9. The van der Waals surface area contributed by atoms with E-state index in [-0.39, 0.29) is 54.7 Å². The maximum Gasteiger partial charge on any atom is 0.481 e. The zero-order valence-electron chi connectivity index (χ0n) is 22.3. The highest BCUT2D eigenvalue weighted by molar-refractivity contribution is 6.48. The molecule has 1 aromatic rings. The second-order valence-corrected chi connectivity index (χ2v) is 12.5. The number of rotatable bonds is 5. The van der Waals surface area contributed by atoms with Gasteiger partial charge in [0.2, 0.25) is 5.91 Å². The molecule has 2 bridgehead atoms. The van der Waals surface area contributed by atoms with Gasteiger partial charge in [0.15, 0.2) is 0 Å². The molecule has 3 saturated heterocycles. The molecule has 7 atom stereocenters. The van der Waals surface area contributed by atoms with Gasteiger partial charge in [0, 0.05) is 19.1 Å². The van der Waals surface area contributed by atoms with Crippen LogP contribution in [0.5, 0.6) is 0 Å². The van der Waals surface area contributed by atoms with Crippen LogP contribution in [0.1, 0.15) is 58.4 Å². The first kappa shape index (κ1) is 25.2. The van der Waals surface area contributed by atoms with Crippen molar-refractivity contribution in [3.05, 3.63) is 35.9 Å². The van der Waals surface area contributed by atoms with E-state index in [1.54, 1.807) is 0 Å². The van der Waals surface area contributed by atoms with Crippen molar-refractivity contribution in [3.63, 3.8) is 0 Å². The lowest BCUT2D eigenvalue weighted by Crippen LogP contribution is -2.65. The summed E-state index contributed by atoms with van der Waals surface area (Å²) in [6.07, 6.45) is 4.39. The van der Waals surface area contributed by atoms with E-state index >= 15 is 0 Å². The van der Waals surface area contributed by atoms with Crippen LogP contribution in [0.2, 0.25) is 0 Å². The summed E-state index contributed by atoms with van der Waals surface area (Å²) in [5.41, 5.74) is 0.942. The number of carbonyl (C=O) groups excluding carboxylic acids is 2. The molecule has 9 heteroatoms. The topological polar surface area (TPSA) is 89.1 Å². The van der Waals surface area contributed by atoms with Crippen LogP contribution in [-0.4, -0.2) is 67.3 Å². The third-order valence-electron chi connectivity index (χ3n) is 10.2. The number of hydrogen-bond acceptors (Lipinski definition) is 6. The number of piperidine rings is 1. The average molecular weight is 509 g/mol. The number of likely N-dealkylation sites (tertiary alicyclic amines) is 1. The summed E-state index contributed by atoms with van der Waals surface area (Å²) >= 11 is 0. The predicted octanol–water partition coefficient (Wildman–Crippen LogP) is 3.15. The molecule has 3 aliphatic heterocycles. The highest BCUT2D eigenvalue weighted by Crippen LogP contribution is 2.66. The van der Waals surface area contributed by atoms with Crippen molar-refractivity contribution in [2.24, 2.45) is 23.2 Å². The van der Waals surface area contributed by atoms with E-state index in [0.717, 1.165) is 31.4 Å². The average Bonchev–Trinajstić information content (AvgIpc) is 3.52. The van der Waals surface area contributed by atoms with Gasteiger partial charge in [-0.15, -0.1) is 0 Å². The van der Waals surface area contributed by atoms with Gasteiger partial charge in [-0.1, -0.05) is 44.2 Å². The summed E-state index contributed by atoms with van der Waals surface area (Å²) in [5, 5.41) is 6.33. The van der Waals surface area contributed by atoms with Crippen LogP contribution in [-0.2, 0) is 25.4 Å². The van der Waals surface area contributed by atoms with Crippen molar-refractivity contribution in [2.45, 2.75) is 83.2 Å². The van der Waals surface area contributed by atoms with E-state index in [2.05, 4.69) is 31.4 Å². The third-order valence-corrected chi connectivity index (χ3v) is 10.2. The molecular weight excluding hydrogens is 469 g/mol. The van der Waals surface area contributed by atoms with Crippen molar-refractivity contribution in [1.29, 1.82) is 0 Å². The number of ether oxygens (including phenoxy) is 1. The molecular formula is C28H40BN3O5. The standard InChI is InChI=1S/C28H40BN3O5/c1-27(2)19-14-22(27)28(3)23(15-19)36-29(37-28)24-10-7-13-32(24)25(33)20-16-30-12-11-21(20)31-26(34)35-17-18-8-5-4-6-9-18/h4-6,8-9,19-24,30H,7,10-17H2,1-3H3,(H,31,34)/t19?,20-,21-,22-,23-,24+,28+/m1/s1. The van der Waals surface area contributed by atoms with E-state index < -0.39 is 6.09 Å². The zero-order valence-corrected chi connectivity index (χ0v) is 22.3. The summed E-state index contributed by atoms with van der Waals surface area (Å²) < 4.78 is 18.7. The summed E-state index contributed by atoms with van der Waals surface area (Å²) in [5.74, 6) is 0.839. The third kappa shape index (κ3) is 4.37. The van der Waals surface area contributed by atoms with E-state index in [1.165, 1.54) is 6.42 Å². The number of benzene rings is 1. The SMILES string of the molecule is CC1(C)C2C[C@H]1[C@]1(C)OB([C@@H]3CCCN3C(=O)[C@@H]3CNCC[C@H]3NC(=O)OCc3ccccc3)O[C@@H]1C2. The lowest BCUT2D eigenvalue weighted by molar-refractivity contribution is -0.199. The van der Waals surface area contributed by atoms with Gasteiger partial charge in [-0.05, 0) is 68.4 Å². The Hall–Kier alpha value is -2.10. The van der Waals surface area contributed by atoms with E-state index in [9.17, 15) is 9.59 Å². The van der Waals surface area contributed by atoms with Crippen LogP contribution in [0.3, 0.4) is 0 Å². The normalized spacial score (nSPS) is 38.0. The van der Waals surface area contributed by atoms with Crippen molar-refractivity contribution >= 4 is 19.1 Å². The number of amides is 2. The Labute approximate surface area is 220 Å². The second kappa shape index (κ2) is 9.58.